The van der Waals surface area contributed by atoms with Crippen LogP contribution in [0.4, 0.5) is 0 Å². The van der Waals surface area contributed by atoms with E-state index in [0.29, 0.717) is 10.6 Å². The molecule has 19 heavy (non-hydrogen) atoms. The Morgan fingerprint density at radius 3 is 2.26 bits per heavy atom. The van der Waals surface area contributed by atoms with Gasteiger partial charge in [-0.25, -0.2) is 0 Å². The molecule has 0 bridgehead atoms. The summed E-state index contributed by atoms with van der Waals surface area (Å²) in [5.41, 5.74) is 0.332. The minimum atomic E-state index is -0.520. The predicted octanol–water partition coefficient (Wildman–Crippen LogP) is 3.32. The molecule has 0 unspecified atom stereocenters. The van der Waals surface area contributed by atoms with Gasteiger partial charge in [0, 0.05) is 5.56 Å². The van der Waals surface area contributed by atoms with Crippen LogP contribution in [0.15, 0.2) is 18.2 Å². The lowest BCUT2D eigenvalue weighted by Gasteiger charge is -2.04. The summed E-state index contributed by atoms with van der Waals surface area (Å²) in [6, 6.07) is 4.45. The van der Waals surface area contributed by atoms with Gasteiger partial charge < -0.3 is 10.1 Å². The number of halogens is 4. The normalized spacial score (nSPS) is 9.11. The number of hydrogen-bond donors (Lipinski definition) is 1. The smallest absolute Gasteiger partial charge is 0.325 e. The first-order valence-electron chi connectivity index (χ1n) is 4.88. The van der Waals surface area contributed by atoms with Crippen molar-refractivity contribution in [3.05, 3.63) is 33.8 Å². The summed E-state index contributed by atoms with van der Waals surface area (Å²) in [4.78, 5) is 22.3. The highest BCUT2D eigenvalue weighted by molar-refractivity contribution is 6.42. The van der Waals surface area contributed by atoms with Crippen LogP contribution in [-0.2, 0) is 9.53 Å². The third kappa shape index (κ3) is 7.47. The number of ether oxygens (including phenoxy) is 1. The van der Waals surface area contributed by atoms with E-state index < -0.39 is 11.9 Å². The summed E-state index contributed by atoms with van der Waals surface area (Å²) in [6.45, 7) is -0.185. The molecule has 0 aromatic heterocycles. The molecule has 1 amide bonds. The number of hydrogen-bond acceptors (Lipinski definition) is 3. The van der Waals surface area contributed by atoms with Crippen LogP contribution in [0.2, 0.25) is 10.0 Å². The van der Waals surface area contributed by atoms with Crippen molar-refractivity contribution in [3.8, 4) is 0 Å². The molecule has 0 saturated carbocycles. The fourth-order valence-corrected chi connectivity index (χ4v) is 1.26. The second-order valence-electron chi connectivity index (χ2n) is 2.99. The van der Waals surface area contributed by atoms with Crippen molar-refractivity contribution < 1.29 is 14.3 Å². The molecule has 1 N–H and O–H groups in total. The second kappa shape index (κ2) is 10.1. The zero-order valence-corrected chi connectivity index (χ0v) is 12.9. The summed E-state index contributed by atoms with van der Waals surface area (Å²) in [7, 11) is 1.24. The maximum absolute atomic E-state index is 11.5. The van der Waals surface area contributed by atoms with E-state index in [4.69, 9.17) is 46.4 Å². The van der Waals surface area contributed by atoms with Crippen LogP contribution >= 0.6 is 46.4 Å². The van der Waals surface area contributed by atoms with Crippen LogP contribution in [0.25, 0.3) is 0 Å². The molecular weight excluding hydrogens is 336 g/mol. The Hall–Kier alpha value is -0.680. The zero-order valence-electron chi connectivity index (χ0n) is 9.88. The molecule has 106 valence electrons. The third-order valence-electron chi connectivity index (χ3n) is 1.80. The number of methoxy groups -OCH3 is 1. The number of amides is 1. The van der Waals surface area contributed by atoms with Gasteiger partial charge in [0.05, 0.1) is 22.5 Å². The molecule has 1 aromatic carbocycles. The third-order valence-corrected chi connectivity index (χ3v) is 2.54. The molecule has 4 nitrogen and oxygen atoms in total. The Kier molecular flexibility index (Phi) is 9.79. The maximum atomic E-state index is 11.5. The fraction of sp³-hybridized carbons (Fsp3) is 0.273. The minimum absolute atomic E-state index is 0.185. The van der Waals surface area contributed by atoms with Crippen molar-refractivity contribution in [1.29, 1.82) is 0 Å². The summed E-state index contributed by atoms with van der Waals surface area (Å²) in [6.07, 6.45) is 0. The average Bonchev–Trinajstić information content (AvgIpc) is 2.39. The van der Waals surface area contributed by atoms with Gasteiger partial charge in [0.25, 0.3) is 5.91 Å². The highest BCUT2D eigenvalue weighted by atomic mass is 35.5. The molecule has 0 aliphatic carbocycles. The van der Waals surface area contributed by atoms with Crippen molar-refractivity contribution in [2.45, 2.75) is 0 Å². The van der Waals surface area contributed by atoms with E-state index in [1.54, 1.807) is 0 Å². The molecule has 1 aromatic rings. The molecule has 0 aliphatic heterocycles. The number of esters is 1. The first-order valence-corrected chi connectivity index (χ1v) is 6.70. The molecule has 0 spiro atoms. The van der Waals surface area contributed by atoms with Gasteiger partial charge in [0.2, 0.25) is 0 Å². The van der Waals surface area contributed by atoms with Gasteiger partial charge in [-0.2, -0.15) is 0 Å². The maximum Gasteiger partial charge on any atom is 0.325 e. The average molecular weight is 347 g/mol. The second-order valence-corrected chi connectivity index (χ2v) is 4.61. The number of nitrogens with one attached hydrogen (secondary N) is 1. The number of alkyl halides is 2. The monoisotopic (exact) mass is 345 g/mol. The van der Waals surface area contributed by atoms with Crippen molar-refractivity contribution in [1.82, 2.24) is 5.32 Å². The molecule has 0 aliphatic rings. The predicted molar refractivity (Wildman–Crippen MR) is 77.4 cm³/mol. The quantitative estimate of drug-likeness (QED) is 0.674. The Morgan fingerprint density at radius 1 is 1.21 bits per heavy atom. The number of benzene rings is 1. The van der Waals surface area contributed by atoms with Gasteiger partial charge >= 0.3 is 5.97 Å². The van der Waals surface area contributed by atoms with Gasteiger partial charge in [-0.3, -0.25) is 9.59 Å². The van der Waals surface area contributed by atoms with E-state index in [1.165, 1.54) is 25.3 Å². The first kappa shape index (κ1) is 18.3. The Bertz CT molecular complexity index is 440. The van der Waals surface area contributed by atoms with Crippen molar-refractivity contribution in [3.63, 3.8) is 0 Å². The summed E-state index contributed by atoms with van der Waals surface area (Å²) >= 11 is 21.0. The van der Waals surface area contributed by atoms with Crippen LogP contribution in [0.3, 0.4) is 0 Å². The lowest BCUT2D eigenvalue weighted by Crippen LogP contribution is -2.30. The van der Waals surface area contributed by atoms with E-state index >= 15 is 0 Å². The van der Waals surface area contributed by atoms with Gasteiger partial charge in [-0.1, -0.05) is 23.2 Å². The van der Waals surface area contributed by atoms with Crippen molar-refractivity contribution >= 4 is 58.3 Å². The highest BCUT2D eigenvalue weighted by Crippen LogP contribution is 2.22. The van der Waals surface area contributed by atoms with Crippen molar-refractivity contribution in [2.24, 2.45) is 0 Å². The van der Waals surface area contributed by atoms with Gasteiger partial charge in [-0.15, -0.1) is 23.2 Å². The largest absolute Gasteiger partial charge is 0.468 e. The van der Waals surface area contributed by atoms with E-state index in [1.807, 2.05) is 0 Å². The number of carbonyl (C=O) groups is 2. The standard InChI is InChI=1S/C10H9Cl2NO3.CH2Cl2/c1-16-9(14)5-13-10(15)6-2-3-7(11)8(12)4-6;2-1-3/h2-4H,5H2,1H3,(H,13,15);1H2. The van der Waals surface area contributed by atoms with Gasteiger partial charge in [0.15, 0.2) is 0 Å². The minimum Gasteiger partial charge on any atom is -0.468 e. The van der Waals surface area contributed by atoms with E-state index in [2.05, 4.69) is 10.1 Å². The molecule has 8 heteroatoms. The molecule has 0 fully saturated rings. The molecule has 0 saturated heterocycles. The van der Waals surface area contributed by atoms with Crippen LogP contribution in [0.1, 0.15) is 10.4 Å². The van der Waals surface area contributed by atoms with E-state index in [0.717, 1.165) is 0 Å². The van der Waals surface area contributed by atoms with Gasteiger partial charge in [-0.05, 0) is 18.2 Å². The Morgan fingerprint density at radius 2 is 1.79 bits per heavy atom. The zero-order chi connectivity index (χ0) is 14.8. The van der Waals surface area contributed by atoms with Gasteiger partial charge in [0.1, 0.15) is 6.54 Å². The topological polar surface area (TPSA) is 55.4 Å². The fourth-order valence-electron chi connectivity index (χ4n) is 0.964. The summed E-state index contributed by atoms with van der Waals surface area (Å²) in [5.74, 6) is -0.933. The first-order chi connectivity index (χ1) is 8.96. The van der Waals surface area contributed by atoms with Crippen LogP contribution in [0.5, 0.6) is 0 Å². The molecule has 0 heterocycles. The molecule has 0 atom stereocenters. The molecule has 0 radical (unpaired) electrons. The number of rotatable bonds is 3. The number of carbonyl (C=O) groups excluding carboxylic acids is 2. The van der Waals surface area contributed by atoms with Crippen LogP contribution < -0.4 is 5.32 Å². The lowest BCUT2D eigenvalue weighted by atomic mass is 10.2. The summed E-state index contributed by atoms with van der Waals surface area (Å²) in [5, 5.41) is 3.23. The van der Waals surface area contributed by atoms with Crippen molar-refractivity contribution in [2.75, 3.05) is 19.0 Å². The van der Waals surface area contributed by atoms with E-state index in [9.17, 15) is 9.59 Å². The summed E-state index contributed by atoms with van der Waals surface area (Å²) < 4.78 is 4.38. The SMILES string of the molecule is COC(=O)CNC(=O)c1ccc(Cl)c(Cl)c1.ClCCl. The molecule has 1 rings (SSSR count). The Labute approximate surface area is 130 Å². The van der Waals surface area contributed by atoms with Crippen LogP contribution in [0, 0.1) is 0 Å². The highest BCUT2D eigenvalue weighted by Gasteiger charge is 2.09. The van der Waals surface area contributed by atoms with Crippen LogP contribution in [-0.4, -0.2) is 30.9 Å². The Balaban J connectivity index is 0.000000982. The lowest BCUT2D eigenvalue weighted by molar-refractivity contribution is -0.139. The molecular formula is C11H11Cl4NO3. The van der Waals surface area contributed by atoms with E-state index in [-0.39, 0.29) is 16.9 Å².